The lowest BCUT2D eigenvalue weighted by molar-refractivity contribution is 0.247. The Kier molecular flexibility index (Phi) is 3.01. The maximum atomic E-state index is 12.7. The van der Waals surface area contributed by atoms with E-state index in [1.807, 2.05) is 11.0 Å². The number of rotatable bonds is 2. The van der Waals surface area contributed by atoms with Crippen molar-refractivity contribution < 1.29 is 9.53 Å². The summed E-state index contributed by atoms with van der Waals surface area (Å²) >= 11 is 1.64. The first-order chi connectivity index (χ1) is 12.3. The summed E-state index contributed by atoms with van der Waals surface area (Å²) in [7, 11) is -0.857. The third kappa shape index (κ3) is 2.17. The minimum Gasteiger partial charge on any atom is -0.493 e. The van der Waals surface area contributed by atoms with E-state index in [9.17, 15) is 4.79 Å². The molecule has 1 aliphatic carbocycles. The average molecular weight is 372 g/mol. The zero-order chi connectivity index (χ0) is 16.5. The molecular formula is C17H19N4O2SSi. The lowest BCUT2D eigenvalue weighted by Crippen LogP contribution is -2.54. The van der Waals surface area contributed by atoms with Gasteiger partial charge in [-0.2, -0.15) is 0 Å². The molecule has 25 heavy (non-hydrogen) atoms. The van der Waals surface area contributed by atoms with Crippen LogP contribution in [0.1, 0.15) is 18.4 Å². The molecular weight excluding hydrogens is 352 g/mol. The number of carbonyl (C=O) groups excluding carboxylic acids is 1. The fraction of sp³-hybridized carbons (Fsp3) is 0.529. The van der Waals surface area contributed by atoms with Crippen LogP contribution < -0.4 is 14.6 Å². The monoisotopic (exact) mass is 371 g/mol. The number of amides is 2. The highest BCUT2D eigenvalue weighted by Crippen LogP contribution is 2.40. The van der Waals surface area contributed by atoms with Gasteiger partial charge in [-0.3, -0.25) is 9.80 Å². The van der Waals surface area contributed by atoms with Gasteiger partial charge in [0, 0.05) is 24.6 Å². The largest absolute Gasteiger partial charge is 0.493 e. The zero-order valence-electron chi connectivity index (χ0n) is 13.8. The van der Waals surface area contributed by atoms with Crippen molar-refractivity contribution in [3.8, 4) is 5.75 Å². The number of aromatic nitrogens is 1. The van der Waals surface area contributed by atoms with Crippen molar-refractivity contribution in [1.29, 1.82) is 0 Å². The highest BCUT2D eigenvalue weighted by molar-refractivity contribution is 7.22. The van der Waals surface area contributed by atoms with Crippen molar-refractivity contribution >= 4 is 41.7 Å². The lowest BCUT2D eigenvalue weighted by atomic mass is 10.1. The van der Waals surface area contributed by atoms with Crippen LogP contribution in [0.4, 0.5) is 9.93 Å². The second-order valence-electron chi connectivity index (χ2n) is 7.30. The number of thiazole rings is 1. The molecule has 2 amide bonds. The van der Waals surface area contributed by atoms with Gasteiger partial charge in [-0.15, -0.1) is 0 Å². The molecule has 0 spiro atoms. The number of urea groups is 1. The topological polar surface area (TPSA) is 57.7 Å². The Bertz CT molecular complexity index is 883. The van der Waals surface area contributed by atoms with Gasteiger partial charge in [0.2, 0.25) is 0 Å². The Morgan fingerprint density at radius 2 is 2.28 bits per heavy atom. The fourth-order valence-electron chi connectivity index (χ4n) is 4.33. The molecule has 6 rings (SSSR count). The number of ether oxygens (including phenoxy) is 1. The summed E-state index contributed by atoms with van der Waals surface area (Å²) < 4.78 is 6.82. The molecule has 0 bridgehead atoms. The number of hydrogen-bond donors (Lipinski definition) is 1. The van der Waals surface area contributed by atoms with E-state index in [2.05, 4.69) is 15.9 Å². The summed E-state index contributed by atoms with van der Waals surface area (Å²) in [5.74, 6) is 0.956. The SMILES string of the molecule is O=C1N[Si]2CCN(C3CC3)C[C@H]2N1c1nc2c3c(ccc2s1)OCC3. The summed E-state index contributed by atoms with van der Waals surface area (Å²) in [4.78, 5) is 25.4. The minimum atomic E-state index is -0.857. The molecule has 129 valence electrons. The van der Waals surface area contributed by atoms with Gasteiger partial charge in [0.1, 0.15) is 5.75 Å². The van der Waals surface area contributed by atoms with E-state index in [0.29, 0.717) is 5.67 Å². The Morgan fingerprint density at radius 1 is 1.36 bits per heavy atom. The van der Waals surface area contributed by atoms with Gasteiger partial charge in [0.05, 0.1) is 22.5 Å². The van der Waals surface area contributed by atoms with Crippen molar-refractivity contribution in [2.75, 3.05) is 24.6 Å². The summed E-state index contributed by atoms with van der Waals surface area (Å²) in [6.07, 6.45) is 3.56. The molecule has 0 unspecified atom stereocenters. The van der Waals surface area contributed by atoms with Crippen LogP contribution in [0.25, 0.3) is 10.2 Å². The van der Waals surface area contributed by atoms with Crippen molar-refractivity contribution in [2.24, 2.45) is 0 Å². The molecule has 1 N–H and O–H groups in total. The fourth-order valence-corrected chi connectivity index (χ4v) is 8.02. The summed E-state index contributed by atoms with van der Waals surface area (Å²) in [6, 6.07) is 6.09. The second-order valence-corrected chi connectivity index (χ2v) is 10.8. The number of fused-ring (bicyclic) bond motifs is 4. The normalized spacial score (nSPS) is 26.6. The molecule has 3 aliphatic heterocycles. The van der Waals surface area contributed by atoms with Crippen molar-refractivity contribution in [2.45, 2.75) is 37.0 Å². The van der Waals surface area contributed by atoms with Crippen LogP contribution in [0.2, 0.25) is 6.04 Å². The Labute approximate surface area is 151 Å². The smallest absolute Gasteiger partial charge is 0.315 e. The molecule has 2 saturated heterocycles. The molecule has 4 heterocycles. The molecule has 1 aromatic heterocycles. The maximum Gasteiger partial charge on any atom is 0.315 e. The van der Waals surface area contributed by atoms with Crippen molar-refractivity contribution in [3.63, 3.8) is 0 Å². The first kappa shape index (κ1) is 14.5. The molecule has 1 aromatic carbocycles. The summed E-state index contributed by atoms with van der Waals surface area (Å²) in [5, 5.41) is 0.857. The van der Waals surface area contributed by atoms with Gasteiger partial charge >= 0.3 is 6.03 Å². The highest BCUT2D eigenvalue weighted by Gasteiger charge is 2.48. The van der Waals surface area contributed by atoms with Gasteiger partial charge in [-0.25, -0.2) is 9.78 Å². The number of nitrogens with zero attached hydrogens (tertiary/aromatic N) is 3. The van der Waals surface area contributed by atoms with Crippen LogP contribution in [0.5, 0.6) is 5.75 Å². The molecule has 3 fully saturated rings. The maximum absolute atomic E-state index is 12.7. The van der Waals surface area contributed by atoms with Gasteiger partial charge in [0.15, 0.2) is 14.1 Å². The van der Waals surface area contributed by atoms with E-state index in [1.54, 1.807) is 11.3 Å². The number of anilines is 1. The molecule has 1 atom stereocenters. The van der Waals surface area contributed by atoms with E-state index >= 15 is 0 Å². The van der Waals surface area contributed by atoms with E-state index < -0.39 is 8.96 Å². The van der Waals surface area contributed by atoms with Gasteiger partial charge in [0.25, 0.3) is 0 Å². The first-order valence-corrected chi connectivity index (χ1v) is 11.6. The van der Waals surface area contributed by atoms with E-state index in [4.69, 9.17) is 9.72 Å². The molecule has 2 aromatic rings. The third-order valence-electron chi connectivity index (χ3n) is 5.77. The van der Waals surface area contributed by atoms with Gasteiger partial charge < -0.3 is 9.72 Å². The van der Waals surface area contributed by atoms with Crippen LogP contribution in [-0.4, -0.2) is 56.3 Å². The predicted octanol–water partition coefficient (Wildman–Crippen LogP) is 2.14. The van der Waals surface area contributed by atoms with Crippen LogP contribution >= 0.6 is 11.3 Å². The summed E-state index contributed by atoms with van der Waals surface area (Å²) in [6.45, 7) is 2.89. The predicted molar refractivity (Wildman–Crippen MR) is 98.8 cm³/mol. The number of hydrogen-bond acceptors (Lipinski definition) is 5. The average Bonchev–Trinajstić information content (AvgIpc) is 3.05. The molecule has 6 nitrogen and oxygen atoms in total. The first-order valence-electron chi connectivity index (χ1n) is 9.03. The van der Waals surface area contributed by atoms with Crippen LogP contribution in [0, 0.1) is 0 Å². The number of benzene rings is 1. The van der Waals surface area contributed by atoms with Crippen molar-refractivity contribution in [3.05, 3.63) is 17.7 Å². The Morgan fingerprint density at radius 3 is 3.16 bits per heavy atom. The minimum absolute atomic E-state index is 0.0588. The lowest BCUT2D eigenvalue weighted by Gasteiger charge is -2.35. The van der Waals surface area contributed by atoms with Crippen LogP contribution in [0.15, 0.2) is 12.1 Å². The van der Waals surface area contributed by atoms with Gasteiger partial charge in [-0.1, -0.05) is 11.3 Å². The highest BCUT2D eigenvalue weighted by atomic mass is 32.1. The quantitative estimate of drug-likeness (QED) is 0.822. The number of carbonyl (C=O) groups is 1. The van der Waals surface area contributed by atoms with Crippen LogP contribution in [0.3, 0.4) is 0 Å². The third-order valence-corrected chi connectivity index (χ3v) is 9.33. The molecule has 4 aliphatic rings. The zero-order valence-corrected chi connectivity index (χ0v) is 15.6. The number of nitrogens with one attached hydrogen (secondary N) is 1. The molecule has 8 heteroatoms. The van der Waals surface area contributed by atoms with Gasteiger partial charge in [-0.05, 0) is 37.6 Å². The van der Waals surface area contributed by atoms with E-state index in [0.717, 1.165) is 59.3 Å². The molecule has 1 saturated carbocycles. The van der Waals surface area contributed by atoms with Crippen LogP contribution in [-0.2, 0) is 6.42 Å². The Hall–Kier alpha value is -1.64. The standard InChI is InChI=1S/C17H19N4O2SSi/c22-16-19-25-8-6-20(10-1-2-10)9-14(25)21(16)17-18-15-11-5-7-23-12(11)3-4-13(15)24-17/h3-4,10,14H,1-2,5-9H2,(H,19,22)/t14-/m0/s1. The van der Waals surface area contributed by atoms with Crippen molar-refractivity contribution in [1.82, 2.24) is 14.9 Å². The van der Waals surface area contributed by atoms with E-state index in [1.165, 1.54) is 18.4 Å². The molecule has 1 radical (unpaired) electrons. The summed E-state index contributed by atoms with van der Waals surface area (Å²) in [5.41, 5.74) is 2.53. The van der Waals surface area contributed by atoms with E-state index in [-0.39, 0.29) is 6.03 Å². The second kappa shape index (κ2) is 5.18. The Balaban J connectivity index is 1.39.